The molecule has 2 rings (SSSR count). The number of carboxylic acid groups (broad SMARTS) is 1. The molecular formula is C18H18O4. The first-order valence-corrected chi connectivity index (χ1v) is 6.84. The Kier molecular flexibility index (Phi) is 5.20. The van der Waals surface area contributed by atoms with Crippen LogP contribution in [-0.4, -0.2) is 25.3 Å². The summed E-state index contributed by atoms with van der Waals surface area (Å²) in [6.07, 6.45) is 3.44. The fourth-order valence-electron chi connectivity index (χ4n) is 2.23. The van der Waals surface area contributed by atoms with E-state index in [2.05, 4.69) is 0 Å². The molecule has 1 N–H and O–H groups in total. The first-order valence-electron chi connectivity index (χ1n) is 6.84. The minimum atomic E-state index is -0.957. The number of aliphatic carboxylic acids is 1. The Balaban J connectivity index is 2.29. The summed E-state index contributed by atoms with van der Waals surface area (Å²) in [6.45, 7) is 0. The third-order valence-corrected chi connectivity index (χ3v) is 3.30. The molecule has 0 spiro atoms. The van der Waals surface area contributed by atoms with Crippen LogP contribution in [0.5, 0.6) is 11.5 Å². The van der Waals surface area contributed by atoms with E-state index in [-0.39, 0.29) is 0 Å². The van der Waals surface area contributed by atoms with Gasteiger partial charge in [0.2, 0.25) is 0 Å². The van der Waals surface area contributed by atoms with Crippen LogP contribution in [0.2, 0.25) is 0 Å². The summed E-state index contributed by atoms with van der Waals surface area (Å²) in [7, 11) is 3.20. The summed E-state index contributed by atoms with van der Waals surface area (Å²) in [6, 6.07) is 13.5. The van der Waals surface area contributed by atoms with Crippen molar-refractivity contribution in [3.8, 4) is 11.5 Å². The molecule has 4 nitrogen and oxygen atoms in total. The highest BCUT2D eigenvalue weighted by atomic mass is 16.5. The number of carboxylic acids is 1. The third-order valence-electron chi connectivity index (χ3n) is 3.30. The van der Waals surface area contributed by atoms with Gasteiger partial charge < -0.3 is 14.6 Å². The molecule has 0 atom stereocenters. The van der Waals surface area contributed by atoms with Gasteiger partial charge >= 0.3 is 5.97 Å². The zero-order valence-corrected chi connectivity index (χ0v) is 12.6. The van der Waals surface area contributed by atoms with E-state index in [9.17, 15) is 4.79 Å². The summed E-state index contributed by atoms with van der Waals surface area (Å²) < 4.78 is 10.5. The van der Waals surface area contributed by atoms with Crippen molar-refractivity contribution < 1.29 is 19.4 Å². The molecule has 0 radical (unpaired) electrons. The topological polar surface area (TPSA) is 55.8 Å². The molecule has 22 heavy (non-hydrogen) atoms. The molecule has 0 unspecified atom stereocenters. The van der Waals surface area contributed by atoms with Crippen LogP contribution in [0, 0.1) is 0 Å². The fraction of sp³-hybridized carbons (Fsp3) is 0.167. The second kappa shape index (κ2) is 7.31. The Morgan fingerprint density at radius 1 is 1.09 bits per heavy atom. The lowest BCUT2D eigenvalue weighted by Crippen LogP contribution is -1.95. The predicted octanol–water partition coefficient (Wildman–Crippen LogP) is 3.39. The maximum absolute atomic E-state index is 10.7. The number of rotatable bonds is 6. The zero-order chi connectivity index (χ0) is 15.9. The van der Waals surface area contributed by atoms with Gasteiger partial charge in [0, 0.05) is 6.08 Å². The number of hydrogen-bond donors (Lipinski definition) is 1. The van der Waals surface area contributed by atoms with Gasteiger partial charge in [0.25, 0.3) is 0 Å². The van der Waals surface area contributed by atoms with Crippen LogP contribution in [0.1, 0.15) is 16.7 Å². The Morgan fingerprint density at radius 3 is 2.50 bits per heavy atom. The van der Waals surface area contributed by atoms with E-state index in [1.54, 1.807) is 20.3 Å². The second-order valence-corrected chi connectivity index (χ2v) is 4.74. The summed E-state index contributed by atoms with van der Waals surface area (Å²) in [4.78, 5) is 10.7. The lowest BCUT2D eigenvalue weighted by molar-refractivity contribution is -0.131. The van der Waals surface area contributed by atoms with Crippen molar-refractivity contribution in [2.45, 2.75) is 6.42 Å². The van der Waals surface area contributed by atoms with Crippen LogP contribution in [0.4, 0.5) is 0 Å². The second-order valence-electron chi connectivity index (χ2n) is 4.74. The molecule has 114 valence electrons. The van der Waals surface area contributed by atoms with E-state index in [0.717, 1.165) is 22.8 Å². The van der Waals surface area contributed by atoms with E-state index >= 15 is 0 Å². The molecule has 0 amide bonds. The lowest BCUT2D eigenvalue weighted by atomic mass is 9.99. The molecule has 4 heteroatoms. The van der Waals surface area contributed by atoms with E-state index < -0.39 is 5.97 Å². The summed E-state index contributed by atoms with van der Waals surface area (Å²) in [5.74, 6) is 0.407. The van der Waals surface area contributed by atoms with Gasteiger partial charge in [-0.1, -0.05) is 30.3 Å². The van der Waals surface area contributed by atoms with E-state index in [0.29, 0.717) is 17.9 Å². The molecule has 0 aliphatic rings. The van der Waals surface area contributed by atoms with Gasteiger partial charge in [0.15, 0.2) is 11.5 Å². The molecule has 0 fully saturated rings. The van der Waals surface area contributed by atoms with Crippen LogP contribution in [0.15, 0.2) is 48.5 Å². The number of carbonyl (C=O) groups is 1. The summed E-state index contributed by atoms with van der Waals surface area (Å²) in [5.41, 5.74) is 3.00. The van der Waals surface area contributed by atoms with Crippen LogP contribution in [0.3, 0.4) is 0 Å². The fourth-order valence-corrected chi connectivity index (χ4v) is 2.23. The van der Waals surface area contributed by atoms with Gasteiger partial charge in [0.1, 0.15) is 0 Å². The number of ether oxygens (including phenoxy) is 2. The van der Waals surface area contributed by atoms with Crippen molar-refractivity contribution >= 4 is 12.0 Å². The highest BCUT2D eigenvalue weighted by Crippen LogP contribution is 2.29. The van der Waals surface area contributed by atoms with Gasteiger partial charge in [-0.3, -0.25) is 0 Å². The first kappa shape index (κ1) is 15.6. The van der Waals surface area contributed by atoms with Crippen molar-refractivity contribution in [1.29, 1.82) is 0 Å². The summed E-state index contributed by atoms with van der Waals surface area (Å²) >= 11 is 0. The van der Waals surface area contributed by atoms with E-state index in [1.807, 2.05) is 42.5 Å². The molecule has 2 aromatic carbocycles. The maximum Gasteiger partial charge on any atom is 0.328 e. The van der Waals surface area contributed by atoms with Crippen molar-refractivity contribution in [2.24, 2.45) is 0 Å². The Hall–Kier alpha value is -2.75. The van der Waals surface area contributed by atoms with Crippen molar-refractivity contribution in [1.82, 2.24) is 0 Å². The third kappa shape index (κ3) is 3.88. The molecule has 0 aliphatic carbocycles. The Bertz CT molecular complexity index is 689. The van der Waals surface area contributed by atoms with Crippen LogP contribution < -0.4 is 9.47 Å². The molecule has 0 saturated carbocycles. The monoisotopic (exact) mass is 298 g/mol. The molecule has 0 saturated heterocycles. The Morgan fingerprint density at radius 2 is 1.82 bits per heavy atom. The quantitative estimate of drug-likeness (QED) is 0.831. The summed E-state index contributed by atoms with van der Waals surface area (Å²) in [5, 5.41) is 8.76. The van der Waals surface area contributed by atoms with Gasteiger partial charge in [-0.15, -0.1) is 0 Å². The van der Waals surface area contributed by atoms with Crippen molar-refractivity contribution in [3.63, 3.8) is 0 Å². The standard InChI is InChI=1S/C18H18O4/c1-21-16-9-7-13(12-17(16)22-2)11-15-6-4-3-5-14(15)8-10-18(19)20/h3-10,12H,11H2,1-2H3,(H,19,20)/b10-8+. The Labute approximate surface area is 129 Å². The highest BCUT2D eigenvalue weighted by Gasteiger charge is 2.07. The zero-order valence-electron chi connectivity index (χ0n) is 12.6. The molecule has 0 aliphatic heterocycles. The maximum atomic E-state index is 10.7. The average molecular weight is 298 g/mol. The van der Waals surface area contributed by atoms with Gasteiger partial charge in [0.05, 0.1) is 14.2 Å². The molecule has 0 heterocycles. The lowest BCUT2D eigenvalue weighted by Gasteiger charge is -2.11. The molecule has 2 aromatic rings. The van der Waals surface area contributed by atoms with Crippen molar-refractivity contribution in [2.75, 3.05) is 14.2 Å². The predicted molar refractivity (Wildman–Crippen MR) is 85.5 cm³/mol. The molecule has 0 aromatic heterocycles. The number of hydrogen-bond acceptors (Lipinski definition) is 3. The van der Waals surface area contributed by atoms with Gasteiger partial charge in [-0.05, 0) is 41.3 Å². The van der Waals surface area contributed by atoms with Crippen LogP contribution in [-0.2, 0) is 11.2 Å². The van der Waals surface area contributed by atoms with E-state index in [4.69, 9.17) is 14.6 Å². The smallest absolute Gasteiger partial charge is 0.328 e. The van der Waals surface area contributed by atoms with Gasteiger partial charge in [-0.2, -0.15) is 0 Å². The minimum absolute atomic E-state index is 0.679. The largest absolute Gasteiger partial charge is 0.493 e. The molecular weight excluding hydrogens is 280 g/mol. The SMILES string of the molecule is COc1ccc(Cc2ccccc2/C=C/C(=O)O)cc1OC. The van der Waals surface area contributed by atoms with Crippen LogP contribution >= 0.6 is 0 Å². The molecule has 0 bridgehead atoms. The number of benzene rings is 2. The van der Waals surface area contributed by atoms with Crippen molar-refractivity contribution in [3.05, 3.63) is 65.2 Å². The highest BCUT2D eigenvalue weighted by molar-refractivity contribution is 5.85. The number of methoxy groups -OCH3 is 2. The first-order chi connectivity index (χ1) is 10.6. The normalized spacial score (nSPS) is 10.6. The van der Waals surface area contributed by atoms with E-state index in [1.165, 1.54) is 0 Å². The van der Waals surface area contributed by atoms with Crippen LogP contribution in [0.25, 0.3) is 6.08 Å². The average Bonchev–Trinajstić information content (AvgIpc) is 2.53. The van der Waals surface area contributed by atoms with Gasteiger partial charge in [-0.25, -0.2) is 4.79 Å². The minimum Gasteiger partial charge on any atom is -0.493 e.